The van der Waals surface area contributed by atoms with Gasteiger partial charge in [-0.15, -0.1) is 0 Å². The van der Waals surface area contributed by atoms with Crippen molar-refractivity contribution in [1.29, 1.82) is 0 Å². The number of hydrogen-bond acceptors (Lipinski definition) is 6. The topological polar surface area (TPSA) is 78.9 Å². The Morgan fingerprint density at radius 2 is 0.565 bits per heavy atom. The Morgan fingerprint density at radius 3 is 0.899 bits per heavy atom. The molecule has 0 aliphatic heterocycles. The summed E-state index contributed by atoms with van der Waals surface area (Å²) in [5.41, 5.74) is 0. The average Bonchev–Trinajstić information content (AvgIpc) is 3.35. The van der Waals surface area contributed by atoms with Gasteiger partial charge in [0.15, 0.2) is 6.10 Å². The summed E-state index contributed by atoms with van der Waals surface area (Å²) in [7, 11) is 0. The van der Waals surface area contributed by atoms with Crippen LogP contribution < -0.4 is 0 Å². The lowest BCUT2D eigenvalue weighted by Crippen LogP contribution is -2.30. The quantitative estimate of drug-likeness (QED) is 0.0262. The molecule has 0 spiro atoms. The highest BCUT2D eigenvalue weighted by atomic mass is 16.6. The molecule has 0 N–H and O–H groups in total. The van der Waals surface area contributed by atoms with E-state index in [-0.39, 0.29) is 31.1 Å². The van der Waals surface area contributed by atoms with Gasteiger partial charge in [-0.05, 0) is 109 Å². The summed E-state index contributed by atoms with van der Waals surface area (Å²) >= 11 is 0. The molecule has 0 radical (unpaired) electrons. The largest absolute Gasteiger partial charge is 0.462 e. The van der Waals surface area contributed by atoms with Crippen molar-refractivity contribution in [3.63, 3.8) is 0 Å². The highest BCUT2D eigenvalue weighted by Gasteiger charge is 2.19. The second-order valence-corrected chi connectivity index (χ2v) is 18.5. The van der Waals surface area contributed by atoms with E-state index >= 15 is 0 Å². The van der Waals surface area contributed by atoms with E-state index in [0.717, 1.165) is 135 Å². The minimum absolute atomic E-state index is 0.0903. The predicted molar refractivity (Wildman–Crippen MR) is 297 cm³/mol. The van der Waals surface area contributed by atoms with Crippen LogP contribution in [0.1, 0.15) is 252 Å². The van der Waals surface area contributed by atoms with Crippen LogP contribution in [-0.2, 0) is 28.6 Å². The Morgan fingerprint density at radius 1 is 0.304 bits per heavy atom. The third-order valence-electron chi connectivity index (χ3n) is 11.8. The third kappa shape index (κ3) is 54.9. The summed E-state index contributed by atoms with van der Waals surface area (Å²) < 4.78 is 16.7. The summed E-state index contributed by atoms with van der Waals surface area (Å²) in [4.78, 5) is 37.8. The van der Waals surface area contributed by atoms with Crippen LogP contribution >= 0.6 is 0 Å². The molecule has 6 heteroatoms. The van der Waals surface area contributed by atoms with Gasteiger partial charge >= 0.3 is 17.9 Å². The highest BCUT2D eigenvalue weighted by molar-refractivity contribution is 5.71. The summed E-state index contributed by atoms with van der Waals surface area (Å²) in [5.74, 6) is -0.936. The minimum atomic E-state index is -0.791. The number of ether oxygens (including phenoxy) is 3. The first-order chi connectivity index (χ1) is 34.0. The number of rotatable bonds is 50. The van der Waals surface area contributed by atoms with E-state index in [1.54, 1.807) is 0 Å². The molecule has 0 aromatic heterocycles. The fraction of sp³-hybridized carbons (Fsp3) is 0.667. The van der Waals surface area contributed by atoms with Gasteiger partial charge in [0.25, 0.3) is 0 Å². The molecule has 0 aliphatic carbocycles. The van der Waals surface area contributed by atoms with Gasteiger partial charge in [0, 0.05) is 19.3 Å². The monoisotopic (exact) mass is 957 g/mol. The van der Waals surface area contributed by atoms with Crippen LogP contribution in [0, 0.1) is 0 Å². The summed E-state index contributed by atoms with van der Waals surface area (Å²) in [6.07, 6.45) is 76.8. The zero-order chi connectivity index (χ0) is 50.0. The van der Waals surface area contributed by atoms with Crippen molar-refractivity contribution in [2.45, 2.75) is 258 Å². The fourth-order valence-electron chi connectivity index (χ4n) is 7.51. The van der Waals surface area contributed by atoms with Crippen molar-refractivity contribution in [2.24, 2.45) is 0 Å². The molecule has 0 bridgehead atoms. The normalized spacial score (nSPS) is 12.9. The molecule has 0 heterocycles. The standard InChI is InChI=1S/C63H104O6/c1-4-7-10-13-16-18-20-22-24-26-27-28-29-30-31-32-33-34-35-36-37-38-40-41-43-45-47-50-53-56-62(65)68-59-60(58-67-61(64)55-52-49-15-12-9-6-3)69-63(66)57-54-51-48-46-44-42-39-25-23-21-19-17-14-11-8-5-2/h7,10,16,18,22,24-25,27-28,30-31,33-34,36-37,39-41,60H,4-6,8-9,11-15,17,19-21,23,26,29,32,35,38,42-59H2,1-3H3/b10-7-,18-16-,24-22-,28-27-,31-30-,34-33-,37-36-,39-25-,41-40-. The molecule has 1 unspecified atom stereocenters. The molecule has 69 heavy (non-hydrogen) atoms. The highest BCUT2D eigenvalue weighted by Crippen LogP contribution is 2.14. The molecule has 0 rings (SSSR count). The third-order valence-corrected chi connectivity index (χ3v) is 11.8. The number of carbonyl (C=O) groups is 3. The number of allylic oxidation sites excluding steroid dienone is 18. The van der Waals surface area contributed by atoms with Crippen LogP contribution in [0.2, 0.25) is 0 Å². The Bertz CT molecular complexity index is 1420. The van der Waals surface area contributed by atoms with E-state index in [0.29, 0.717) is 19.3 Å². The fourth-order valence-corrected chi connectivity index (χ4v) is 7.51. The lowest BCUT2D eigenvalue weighted by atomic mass is 10.1. The number of esters is 3. The molecule has 0 aliphatic rings. The maximum atomic E-state index is 12.8. The van der Waals surface area contributed by atoms with Crippen LogP contribution in [0.4, 0.5) is 0 Å². The van der Waals surface area contributed by atoms with Gasteiger partial charge < -0.3 is 14.2 Å². The molecule has 0 aromatic carbocycles. The predicted octanol–water partition coefficient (Wildman–Crippen LogP) is 19.1. The van der Waals surface area contributed by atoms with Crippen LogP contribution in [0.3, 0.4) is 0 Å². The summed E-state index contributed by atoms with van der Waals surface area (Å²) in [6.45, 7) is 6.43. The molecule has 0 fully saturated rings. The number of carbonyl (C=O) groups excluding carboxylic acids is 3. The van der Waals surface area contributed by atoms with Gasteiger partial charge in [-0.2, -0.15) is 0 Å². The zero-order valence-electron chi connectivity index (χ0n) is 44.8. The molecular weight excluding hydrogens is 853 g/mol. The molecule has 6 nitrogen and oxygen atoms in total. The van der Waals surface area contributed by atoms with Crippen LogP contribution in [0.25, 0.3) is 0 Å². The second kappa shape index (κ2) is 56.7. The summed E-state index contributed by atoms with van der Waals surface area (Å²) in [6, 6.07) is 0. The molecule has 392 valence electrons. The van der Waals surface area contributed by atoms with E-state index in [1.807, 2.05) is 0 Å². The van der Waals surface area contributed by atoms with E-state index in [2.05, 4.69) is 130 Å². The van der Waals surface area contributed by atoms with Gasteiger partial charge in [-0.25, -0.2) is 0 Å². The van der Waals surface area contributed by atoms with Gasteiger partial charge in [-0.1, -0.05) is 233 Å². The number of unbranched alkanes of at least 4 members (excludes halogenated alkanes) is 21. The zero-order valence-corrected chi connectivity index (χ0v) is 44.8. The van der Waals surface area contributed by atoms with Crippen molar-refractivity contribution < 1.29 is 28.6 Å². The second-order valence-electron chi connectivity index (χ2n) is 18.5. The summed E-state index contributed by atoms with van der Waals surface area (Å²) in [5, 5.41) is 0. The first-order valence-electron chi connectivity index (χ1n) is 28.4. The lowest BCUT2D eigenvalue weighted by Gasteiger charge is -2.18. The molecule has 0 saturated heterocycles. The SMILES string of the molecule is CC/C=C\C/C=C\C/C=C\C/C=C\C/C=C\C/C=C\C/C=C\C/C=C\CCCCCCC(=O)OCC(COC(=O)CCCCCCCC)OC(=O)CCCCCCC/C=C\CCCCCCCCC. The Labute approximate surface area is 425 Å². The molecule has 0 aromatic rings. The Hall–Kier alpha value is -3.93. The van der Waals surface area contributed by atoms with Gasteiger partial charge in [0.2, 0.25) is 0 Å². The van der Waals surface area contributed by atoms with Crippen molar-refractivity contribution in [3.05, 3.63) is 109 Å². The maximum absolute atomic E-state index is 12.8. The van der Waals surface area contributed by atoms with Gasteiger partial charge in [0.05, 0.1) is 0 Å². The minimum Gasteiger partial charge on any atom is -0.462 e. The van der Waals surface area contributed by atoms with Gasteiger partial charge in [0.1, 0.15) is 13.2 Å². The van der Waals surface area contributed by atoms with E-state index in [4.69, 9.17) is 14.2 Å². The van der Waals surface area contributed by atoms with Gasteiger partial charge in [-0.3, -0.25) is 14.4 Å². The van der Waals surface area contributed by atoms with Crippen molar-refractivity contribution >= 4 is 17.9 Å². The van der Waals surface area contributed by atoms with E-state index < -0.39 is 6.10 Å². The van der Waals surface area contributed by atoms with E-state index in [9.17, 15) is 14.4 Å². The van der Waals surface area contributed by atoms with Crippen LogP contribution in [0.15, 0.2) is 109 Å². The number of hydrogen-bond donors (Lipinski definition) is 0. The van der Waals surface area contributed by atoms with Crippen molar-refractivity contribution in [2.75, 3.05) is 13.2 Å². The Kier molecular flexibility index (Phi) is 53.4. The van der Waals surface area contributed by atoms with Crippen molar-refractivity contribution in [3.8, 4) is 0 Å². The van der Waals surface area contributed by atoms with E-state index in [1.165, 1.54) is 77.0 Å². The first kappa shape index (κ1) is 65.1. The molecule has 1 atom stereocenters. The smallest absolute Gasteiger partial charge is 0.306 e. The molecule has 0 saturated carbocycles. The maximum Gasteiger partial charge on any atom is 0.306 e. The molecule has 0 amide bonds. The first-order valence-corrected chi connectivity index (χ1v) is 28.4. The average molecular weight is 958 g/mol. The van der Waals surface area contributed by atoms with Crippen molar-refractivity contribution in [1.82, 2.24) is 0 Å². The Balaban J connectivity index is 4.22. The lowest BCUT2D eigenvalue weighted by molar-refractivity contribution is -0.167. The molecular formula is C63H104O6. The van der Waals surface area contributed by atoms with Crippen LogP contribution in [-0.4, -0.2) is 37.2 Å². The van der Waals surface area contributed by atoms with Crippen LogP contribution in [0.5, 0.6) is 0 Å².